The standard InChI is InChI=1S/C51H58Cl2F2N8O8/c1-51(2,3)71-50(66)61-15-13-59-20-33-47(70-25-31(59)18-61)43(53)45(41-35(55)7-5-9-39(41)65)57-49(33)63-29-16-36(37(63)26-68-23-29)60-14-12-58-19-32-46(69-24-30(58)17-60)42(52)44(40-34(54)6-4-8-38(40)64)56-48(32)62-27-10-11-28(62)22-67-21-27/h4-9,27-31,36-37,64-65H,10-26H2,1-3H3/t27?,28?,29?,30?,31-,36?,37?/m1/s1. The van der Waals surface area contributed by atoms with Crippen LogP contribution in [0.25, 0.3) is 22.5 Å². The van der Waals surface area contributed by atoms with E-state index < -0.39 is 17.2 Å². The van der Waals surface area contributed by atoms with Crippen LogP contribution in [0.2, 0.25) is 10.0 Å². The molecule has 20 heteroatoms. The minimum atomic E-state index is -0.666. The number of hydrogen-bond acceptors (Lipinski definition) is 15. The summed E-state index contributed by atoms with van der Waals surface area (Å²) in [7, 11) is 0. The van der Waals surface area contributed by atoms with Gasteiger partial charge in [0.25, 0.3) is 0 Å². The molecule has 71 heavy (non-hydrogen) atoms. The number of hydrogen-bond donors (Lipinski definition) is 2. The number of fused-ring (bicyclic) bond motifs is 8. The number of nitrogens with zero attached hydrogens (tertiary/aromatic N) is 8. The van der Waals surface area contributed by atoms with Crippen LogP contribution in [0, 0.1) is 11.6 Å². The van der Waals surface area contributed by atoms with Crippen molar-refractivity contribution in [2.45, 2.75) is 101 Å². The SMILES string of the molecule is CC(C)(C)OC(=O)N1CCN2Cc3c(N4C5COCC4C(N4CCN6Cc7c(N8C9CCC8COC9)nc(-c8c(O)cccc8F)c(Cl)c7OCC6C4)C5)nc(-c4c(O)cccc4F)c(Cl)c3OC[C@H]2C1. The molecular formula is C51H58Cl2F2N8O8. The predicted molar refractivity (Wildman–Crippen MR) is 261 cm³/mol. The van der Waals surface area contributed by atoms with E-state index in [1.165, 1.54) is 36.4 Å². The number of aromatic nitrogens is 2. The number of morpholine rings is 2. The molecule has 8 aliphatic heterocycles. The summed E-state index contributed by atoms with van der Waals surface area (Å²) < 4.78 is 63.0. The Bertz CT molecular complexity index is 2720. The number of carbonyl (C=O) groups excluding carboxylic acids is 1. The number of piperazine rings is 2. The lowest BCUT2D eigenvalue weighted by molar-refractivity contribution is -0.00156. The number of halogens is 4. The van der Waals surface area contributed by atoms with Crippen LogP contribution in [0.1, 0.15) is 51.2 Å². The van der Waals surface area contributed by atoms with E-state index in [1.807, 2.05) is 20.8 Å². The van der Waals surface area contributed by atoms with Gasteiger partial charge in [0.1, 0.15) is 86.5 Å². The minimum Gasteiger partial charge on any atom is -0.507 e. The summed E-state index contributed by atoms with van der Waals surface area (Å²) in [5.74, 6) is 0.298. The summed E-state index contributed by atoms with van der Waals surface area (Å²) in [5.41, 5.74) is 1.03. The first-order valence-corrected chi connectivity index (χ1v) is 25.5. The van der Waals surface area contributed by atoms with Gasteiger partial charge in [0.05, 0.1) is 84.9 Å². The summed E-state index contributed by atoms with van der Waals surface area (Å²) in [4.78, 5) is 37.2. The molecule has 6 saturated heterocycles. The van der Waals surface area contributed by atoms with Gasteiger partial charge in [-0.1, -0.05) is 35.3 Å². The number of phenols is 2. The number of aromatic hydroxyl groups is 2. The van der Waals surface area contributed by atoms with Crippen molar-refractivity contribution in [1.82, 2.24) is 29.6 Å². The lowest BCUT2D eigenvalue weighted by Crippen LogP contribution is -2.60. The van der Waals surface area contributed by atoms with E-state index in [2.05, 4.69) is 24.5 Å². The van der Waals surface area contributed by atoms with Crippen molar-refractivity contribution in [1.29, 1.82) is 0 Å². The first kappa shape index (κ1) is 47.1. The van der Waals surface area contributed by atoms with Crippen LogP contribution < -0.4 is 19.3 Å². The number of carbonyl (C=O) groups is 1. The summed E-state index contributed by atoms with van der Waals surface area (Å²) in [6, 6.07) is 8.04. The van der Waals surface area contributed by atoms with Crippen LogP contribution in [0.3, 0.4) is 0 Å². The molecule has 8 aliphatic rings. The van der Waals surface area contributed by atoms with Crippen molar-refractivity contribution in [2.75, 3.05) is 88.7 Å². The van der Waals surface area contributed by atoms with Gasteiger partial charge >= 0.3 is 6.09 Å². The molecule has 6 unspecified atom stereocenters. The van der Waals surface area contributed by atoms with Gasteiger partial charge in [0.2, 0.25) is 0 Å². The van der Waals surface area contributed by atoms with E-state index in [1.54, 1.807) is 4.90 Å². The third-order valence-electron chi connectivity index (χ3n) is 15.8. The topological polar surface area (TPSA) is 149 Å². The normalized spacial score (nSPS) is 27.7. The van der Waals surface area contributed by atoms with Crippen LogP contribution in [0.15, 0.2) is 36.4 Å². The van der Waals surface area contributed by atoms with Crippen LogP contribution in [-0.4, -0.2) is 173 Å². The molecule has 7 atom stereocenters. The Kier molecular flexibility index (Phi) is 12.1. The number of benzene rings is 2. The molecule has 0 saturated carbocycles. The highest BCUT2D eigenvalue weighted by Gasteiger charge is 2.51. The zero-order chi connectivity index (χ0) is 49.0. The van der Waals surface area contributed by atoms with E-state index in [-0.39, 0.29) is 99.1 Å². The highest BCUT2D eigenvalue weighted by molar-refractivity contribution is 6.35. The number of anilines is 2. The van der Waals surface area contributed by atoms with Gasteiger partial charge in [0.15, 0.2) is 0 Å². The lowest BCUT2D eigenvalue weighted by atomic mass is 10.0. The van der Waals surface area contributed by atoms with E-state index in [9.17, 15) is 15.0 Å². The summed E-state index contributed by atoms with van der Waals surface area (Å²) in [6.45, 7) is 12.5. The second-order valence-electron chi connectivity index (χ2n) is 21.2. The van der Waals surface area contributed by atoms with E-state index in [0.29, 0.717) is 95.4 Å². The Morgan fingerprint density at radius 2 is 1.18 bits per heavy atom. The molecule has 2 N–H and O–H groups in total. The molecule has 16 nitrogen and oxygen atoms in total. The Morgan fingerprint density at radius 1 is 0.662 bits per heavy atom. The molecule has 4 aromatic rings. The first-order chi connectivity index (χ1) is 34.2. The highest BCUT2D eigenvalue weighted by atomic mass is 35.5. The van der Waals surface area contributed by atoms with E-state index in [0.717, 1.165) is 43.5 Å². The van der Waals surface area contributed by atoms with Gasteiger partial charge in [0, 0.05) is 58.4 Å². The molecule has 10 heterocycles. The maximum absolute atomic E-state index is 15.9. The van der Waals surface area contributed by atoms with Gasteiger partial charge in [-0.2, -0.15) is 0 Å². The van der Waals surface area contributed by atoms with Crippen LogP contribution in [0.4, 0.5) is 25.2 Å². The molecular weight excluding hydrogens is 962 g/mol. The zero-order valence-corrected chi connectivity index (χ0v) is 41.5. The van der Waals surface area contributed by atoms with Crippen LogP contribution >= 0.6 is 23.2 Å². The Balaban J connectivity index is 0.857. The van der Waals surface area contributed by atoms with Gasteiger partial charge < -0.3 is 48.6 Å². The molecule has 6 fully saturated rings. The lowest BCUT2D eigenvalue weighted by Gasteiger charge is -2.45. The second-order valence-corrected chi connectivity index (χ2v) is 21.9. The molecule has 1 amide bonds. The molecule has 2 aromatic heterocycles. The van der Waals surface area contributed by atoms with E-state index >= 15 is 8.78 Å². The van der Waals surface area contributed by atoms with Crippen molar-refractivity contribution in [2.24, 2.45) is 0 Å². The second kappa shape index (κ2) is 18.2. The molecule has 0 aliphatic carbocycles. The fourth-order valence-corrected chi connectivity index (χ4v) is 13.0. The molecule has 0 radical (unpaired) electrons. The Labute approximate surface area is 420 Å². The highest BCUT2D eigenvalue weighted by Crippen LogP contribution is 2.51. The third kappa shape index (κ3) is 8.25. The van der Waals surface area contributed by atoms with Gasteiger partial charge in [-0.25, -0.2) is 23.5 Å². The quantitative estimate of drug-likeness (QED) is 0.213. The smallest absolute Gasteiger partial charge is 0.410 e. The maximum Gasteiger partial charge on any atom is 0.410 e. The monoisotopic (exact) mass is 1020 g/mol. The summed E-state index contributed by atoms with van der Waals surface area (Å²) in [5, 5.41) is 22.4. The third-order valence-corrected chi connectivity index (χ3v) is 16.5. The number of pyridine rings is 2. The summed E-state index contributed by atoms with van der Waals surface area (Å²) >= 11 is 14.5. The predicted octanol–water partition coefficient (Wildman–Crippen LogP) is 6.91. The molecule has 4 bridgehead atoms. The molecule has 0 spiro atoms. The van der Waals surface area contributed by atoms with Crippen molar-refractivity contribution >= 4 is 40.9 Å². The fourth-order valence-electron chi connectivity index (χ4n) is 12.4. The van der Waals surface area contributed by atoms with E-state index in [4.69, 9.17) is 56.9 Å². The largest absolute Gasteiger partial charge is 0.507 e. The maximum atomic E-state index is 15.9. The number of rotatable bonds is 5. The average molecular weight is 1020 g/mol. The number of phenolic OH excluding ortho intramolecular Hbond substituents is 2. The van der Waals surface area contributed by atoms with Crippen molar-refractivity contribution in [3.05, 3.63) is 69.2 Å². The Hall–Kier alpha value is -4.95. The van der Waals surface area contributed by atoms with Gasteiger partial charge in [-0.15, -0.1) is 0 Å². The van der Waals surface area contributed by atoms with Gasteiger partial charge in [-0.05, 0) is 64.3 Å². The fraction of sp³-hybridized carbons (Fsp3) is 0.549. The minimum absolute atomic E-state index is 0.0333. The van der Waals surface area contributed by atoms with Crippen LogP contribution in [0.5, 0.6) is 23.0 Å². The Morgan fingerprint density at radius 3 is 1.76 bits per heavy atom. The number of amides is 1. The van der Waals surface area contributed by atoms with Crippen molar-refractivity contribution in [3.8, 4) is 45.5 Å². The van der Waals surface area contributed by atoms with Crippen molar-refractivity contribution < 1.29 is 47.5 Å². The zero-order valence-electron chi connectivity index (χ0n) is 40.0. The molecule has 2 aromatic carbocycles. The van der Waals surface area contributed by atoms with Crippen molar-refractivity contribution in [3.63, 3.8) is 0 Å². The molecule has 378 valence electrons. The van der Waals surface area contributed by atoms with Crippen LogP contribution in [-0.2, 0) is 27.3 Å². The average Bonchev–Trinajstić information content (AvgIpc) is 3.52. The summed E-state index contributed by atoms with van der Waals surface area (Å²) in [6.07, 6.45) is 2.27. The first-order valence-electron chi connectivity index (χ1n) is 24.8. The number of ether oxygens (including phenoxy) is 5. The molecule has 12 rings (SSSR count). The van der Waals surface area contributed by atoms with Gasteiger partial charge in [-0.3, -0.25) is 14.7 Å².